The van der Waals surface area contributed by atoms with E-state index in [0.717, 1.165) is 13.1 Å². The molecule has 8 nitrogen and oxygen atoms in total. The number of aromatic nitrogens is 2. The lowest BCUT2D eigenvalue weighted by molar-refractivity contribution is -0.131. The van der Waals surface area contributed by atoms with Gasteiger partial charge in [0, 0.05) is 63.6 Å². The number of nitrogens with one attached hydrogen (secondary N) is 2. The molecule has 1 aliphatic heterocycles. The maximum atomic E-state index is 13.8. The predicted molar refractivity (Wildman–Crippen MR) is 130 cm³/mol. The van der Waals surface area contributed by atoms with Gasteiger partial charge in [-0.2, -0.15) is 0 Å². The molecule has 2 aromatic rings. The van der Waals surface area contributed by atoms with Crippen LogP contribution in [0.4, 0.5) is 10.3 Å². The number of piperazine rings is 1. The lowest BCUT2D eigenvalue weighted by atomic mass is 10.2. The Balaban J connectivity index is 0.00000341. The van der Waals surface area contributed by atoms with Crippen LogP contribution in [0.15, 0.2) is 47.7 Å². The average molecular weight is 541 g/mol. The molecule has 1 amide bonds. The van der Waals surface area contributed by atoms with E-state index in [2.05, 4.69) is 30.5 Å². The third kappa shape index (κ3) is 7.60. The molecule has 1 fully saturated rings. The molecule has 1 aromatic heterocycles. The van der Waals surface area contributed by atoms with Crippen molar-refractivity contribution < 1.29 is 9.18 Å². The van der Waals surface area contributed by atoms with Gasteiger partial charge < -0.3 is 20.4 Å². The Labute approximate surface area is 199 Å². The molecule has 0 aliphatic carbocycles. The second kappa shape index (κ2) is 13.0. The number of benzene rings is 1. The highest BCUT2D eigenvalue weighted by molar-refractivity contribution is 14.0. The van der Waals surface area contributed by atoms with Crippen molar-refractivity contribution in [3.05, 3.63) is 54.1 Å². The monoisotopic (exact) mass is 541 g/mol. The van der Waals surface area contributed by atoms with Gasteiger partial charge in [0.1, 0.15) is 5.82 Å². The van der Waals surface area contributed by atoms with Crippen molar-refractivity contribution in [1.82, 2.24) is 25.5 Å². The van der Waals surface area contributed by atoms with E-state index in [-0.39, 0.29) is 42.2 Å². The van der Waals surface area contributed by atoms with Crippen molar-refractivity contribution >= 4 is 41.8 Å². The fourth-order valence-electron chi connectivity index (χ4n) is 3.19. The minimum atomic E-state index is -0.271. The van der Waals surface area contributed by atoms with E-state index in [1.807, 2.05) is 11.8 Å². The van der Waals surface area contributed by atoms with Gasteiger partial charge in [0.05, 0.1) is 6.54 Å². The van der Waals surface area contributed by atoms with Crippen molar-refractivity contribution in [1.29, 1.82) is 0 Å². The highest BCUT2D eigenvalue weighted by Crippen LogP contribution is 2.10. The van der Waals surface area contributed by atoms with Gasteiger partial charge in [0.15, 0.2) is 5.96 Å². The third-order valence-corrected chi connectivity index (χ3v) is 4.81. The quantitative estimate of drug-likeness (QED) is 0.317. The maximum Gasteiger partial charge on any atom is 0.225 e. The van der Waals surface area contributed by atoms with Crippen LogP contribution in [0.2, 0.25) is 0 Å². The number of guanidine groups is 1. The van der Waals surface area contributed by atoms with Gasteiger partial charge in [-0.15, -0.1) is 24.0 Å². The Bertz CT molecular complexity index is 845. The number of anilines is 1. The zero-order valence-electron chi connectivity index (χ0n) is 17.6. The van der Waals surface area contributed by atoms with Crippen LogP contribution in [0.3, 0.4) is 0 Å². The van der Waals surface area contributed by atoms with Crippen LogP contribution < -0.4 is 15.5 Å². The molecule has 31 heavy (non-hydrogen) atoms. The predicted octanol–water partition coefficient (Wildman–Crippen LogP) is 2.03. The number of nitrogens with zero attached hydrogens (tertiary/aromatic N) is 5. The number of carbonyl (C=O) groups excluding carboxylic acids is 1. The smallest absolute Gasteiger partial charge is 0.225 e. The molecule has 10 heteroatoms. The van der Waals surface area contributed by atoms with Gasteiger partial charge >= 0.3 is 0 Å². The van der Waals surface area contributed by atoms with Crippen LogP contribution in [0.1, 0.15) is 18.9 Å². The van der Waals surface area contributed by atoms with E-state index >= 15 is 0 Å². The first-order valence-corrected chi connectivity index (χ1v) is 10.2. The number of hydrogen-bond donors (Lipinski definition) is 2. The maximum absolute atomic E-state index is 13.8. The largest absolute Gasteiger partial charge is 0.357 e. The van der Waals surface area contributed by atoms with Gasteiger partial charge in [-0.1, -0.05) is 18.2 Å². The topological polar surface area (TPSA) is 85.8 Å². The fraction of sp³-hybridized carbons (Fsp3) is 0.429. The molecular weight excluding hydrogens is 512 g/mol. The molecule has 1 aromatic carbocycles. The molecular formula is C21H29FIN7O. The second-order valence-corrected chi connectivity index (χ2v) is 6.88. The number of aliphatic imine (C=N–C) groups is 1. The van der Waals surface area contributed by atoms with E-state index in [1.54, 1.807) is 36.7 Å². The Morgan fingerprint density at radius 3 is 2.48 bits per heavy atom. The molecule has 168 valence electrons. The molecule has 1 saturated heterocycles. The van der Waals surface area contributed by atoms with Gasteiger partial charge in [-0.25, -0.2) is 19.4 Å². The van der Waals surface area contributed by atoms with Crippen LogP contribution in [0.5, 0.6) is 0 Å². The highest BCUT2D eigenvalue weighted by atomic mass is 127. The average Bonchev–Trinajstić information content (AvgIpc) is 2.79. The van der Waals surface area contributed by atoms with Crippen molar-refractivity contribution in [2.45, 2.75) is 19.9 Å². The molecule has 0 atom stereocenters. The molecule has 0 radical (unpaired) electrons. The number of amides is 1. The fourth-order valence-corrected chi connectivity index (χ4v) is 3.19. The van der Waals surface area contributed by atoms with Crippen LogP contribution in [-0.4, -0.2) is 66.0 Å². The molecule has 0 saturated carbocycles. The SMILES string of the molecule is CCNC(=NCc1ccccc1F)NCCC(=O)N1CCN(c2ncccn2)CC1.I. The first kappa shape index (κ1) is 24.8. The summed E-state index contributed by atoms with van der Waals surface area (Å²) in [6, 6.07) is 8.37. The Kier molecular flexibility index (Phi) is 10.4. The first-order chi connectivity index (χ1) is 14.7. The van der Waals surface area contributed by atoms with Gasteiger partial charge in [0.25, 0.3) is 0 Å². The molecule has 0 spiro atoms. The van der Waals surface area contributed by atoms with E-state index in [1.165, 1.54) is 6.07 Å². The molecule has 0 unspecified atom stereocenters. The van der Waals surface area contributed by atoms with Gasteiger partial charge in [0.2, 0.25) is 11.9 Å². The highest BCUT2D eigenvalue weighted by Gasteiger charge is 2.22. The molecule has 2 N–H and O–H groups in total. The number of halogens is 2. The Morgan fingerprint density at radius 2 is 1.81 bits per heavy atom. The Morgan fingerprint density at radius 1 is 1.10 bits per heavy atom. The first-order valence-electron chi connectivity index (χ1n) is 10.2. The van der Waals surface area contributed by atoms with Gasteiger partial charge in [-0.3, -0.25) is 4.79 Å². The normalized spacial score (nSPS) is 14.1. The van der Waals surface area contributed by atoms with E-state index < -0.39 is 0 Å². The minimum Gasteiger partial charge on any atom is -0.357 e. The summed E-state index contributed by atoms with van der Waals surface area (Å²) in [6.45, 7) is 6.08. The summed E-state index contributed by atoms with van der Waals surface area (Å²) in [5.41, 5.74) is 0.533. The van der Waals surface area contributed by atoms with E-state index in [9.17, 15) is 9.18 Å². The summed E-state index contributed by atoms with van der Waals surface area (Å²) in [4.78, 5) is 29.4. The van der Waals surface area contributed by atoms with Crippen LogP contribution in [0, 0.1) is 5.82 Å². The lowest BCUT2D eigenvalue weighted by Crippen LogP contribution is -2.50. The standard InChI is InChI=1S/C21H28FN7O.HI/c1-2-23-20(27-16-17-6-3-4-7-18(17)22)24-11-8-19(30)28-12-14-29(15-13-28)21-25-9-5-10-26-21;/h3-7,9-10H,2,8,11-16H2,1H3,(H2,23,24,27);1H. The molecule has 2 heterocycles. The van der Waals surface area contributed by atoms with Crippen LogP contribution in [0.25, 0.3) is 0 Å². The number of rotatable bonds is 7. The number of hydrogen-bond acceptors (Lipinski definition) is 5. The van der Waals surface area contributed by atoms with Crippen molar-refractivity contribution in [2.24, 2.45) is 4.99 Å². The third-order valence-electron chi connectivity index (χ3n) is 4.81. The minimum absolute atomic E-state index is 0. The zero-order chi connectivity index (χ0) is 21.2. The molecule has 3 rings (SSSR count). The van der Waals surface area contributed by atoms with Crippen molar-refractivity contribution in [2.75, 3.05) is 44.2 Å². The lowest BCUT2D eigenvalue weighted by Gasteiger charge is -2.34. The zero-order valence-corrected chi connectivity index (χ0v) is 20.0. The summed E-state index contributed by atoms with van der Waals surface area (Å²) in [6.07, 6.45) is 3.81. The molecule has 1 aliphatic rings. The number of carbonyl (C=O) groups is 1. The molecule has 0 bridgehead atoms. The summed E-state index contributed by atoms with van der Waals surface area (Å²) in [5, 5.41) is 6.27. The van der Waals surface area contributed by atoms with Crippen molar-refractivity contribution in [3.63, 3.8) is 0 Å². The summed E-state index contributed by atoms with van der Waals surface area (Å²) < 4.78 is 13.8. The summed E-state index contributed by atoms with van der Waals surface area (Å²) in [5.74, 6) is 1.10. The van der Waals surface area contributed by atoms with E-state index in [0.29, 0.717) is 50.1 Å². The summed E-state index contributed by atoms with van der Waals surface area (Å²) >= 11 is 0. The van der Waals surface area contributed by atoms with Crippen molar-refractivity contribution in [3.8, 4) is 0 Å². The Hall–Kier alpha value is -2.50. The van der Waals surface area contributed by atoms with Gasteiger partial charge in [-0.05, 0) is 19.1 Å². The summed E-state index contributed by atoms with van der Waals surface area (Å²) in [7, 11) is 0. The second-order valence-electron chi connectivity index (χ2n) is 6.88. The van der Waals surface area contributed by atoms with Crippen LogP contribution >= 0.6 is 24.0 Å². The van der Waals surface area contributed by atoms with E-state index in [4.69, 9.17) is 0 Å². The van der Waals surface area contributed by atoms with Crippen LogP contribution in [-0.2, 0) is 11.3 Å².